The molecular formula is C7H13NO2. The summed E-state index contributed by atoms with van der Waals surface area (Å²) < 4.78 is 4.64. The minimum atomic E-state index is -0.233. The van der Waals surface area contributed by atoms with Gasteiger partial charge < -0.3 is 4.74 Å². The molecule has 0 rings (SSSR count). The van der Waals surface area contributed by atoms with Gasteiger partial charge in [0.25, 0.3) is 0 Å². The Bertz CT molecular complexity index is 130. The molecule has 0 radical (unpaired) electrons. The Kier molecular flexibility index (Phi) is 4.58. The van der Waals surface area contributed by atoms with Gasteiger partial charge in [0.2, 0.25) is 0 Å². The van der Waals surface area contributed by atoms with Gasteiger partial charge in [-0.2, -0.15) is 0 Å². The highest BCUT2D eigenvalue weighted by molar-refractivity contribution is 5.72. The van der Waals surface area contributed by atoms with E-state index in [1.807, 2.05) is 14.1 Å². The molecule has 3 nitrogen and oxygen atoms in total. The number of carbonyl (C=O) groups is 1. The van der Waals surface area contributed by atoms with Crippen LogP contribution in [0.5, 0.6) is 0 Å². The van der Waals surface area contributed by atoms with E-state index >= 15 is 0 Å². The molecule has 0 bridgehead atoms. The summed E-state index contributed by atoms with van der Waals surface area (Å²) >= 11 is 0. The van der Waals surface area contributed by atoms with Gasteiger partial charge in [-0.15, -0.1) is 0 Å². The van der Waals surface area contributed by atoms with E-state index in [-0.39, 0.29) is 5.97 Å². The van der Waals surface area contributed by atoms with Gasteiger partial charge in [-0.05, 0) is 21.0 Å². The molecule has 0 spiro atoms. The maximum Gasteiger partial charge on any atom is 0.324 e. The Hall–Kier alpha value is -0.830. The molecule has 0 aliphatic heterocycles. The van der Waals surface area contributed by atoms with Crippen molar-refractivity contribution < 1.29 is 9.53 Å². The lowest BCUT2D eigenvalue weighted by Gasteiger charge is -2.05. The molecule has 0 fully saturated rings. The number of rotatable bonds is 3. The Morgan fingerprint density at radius 1 is 1.60 bits per heavy atom. The SMILES string of the molecule is CC=COC(=O)CN(C)C. The number of hydrogen-bond donors (Lipinski definition) is 0. The predicted octanol–water partition coefficient (Wildman–Crippen LogP) is 0.625. The van der Waals surface area contributed by atoms with Gasteiger partial charge in [-0.1, -0.05) is 6.08 Å². The number of ether oxygens (including phenoxy) is 1. The van der Waals surface area contributed by atoms with Crippen molar-refractivity contribution >= 4 is 5.97 Å². The van der Waals surface area contributed by atoms with Crippen molar-refractivity contribution in [1.82, 2.24) is 4.90 Å². The topological polar surface area (TPSA) is 29.5 Å². The fraction of sp³-hybridized carbons (Fsp3) is 0.571. The van der Waals surface area contributed by atoms with E-state index in [0.717, 1.165) is 0 Å². The second-order valence-corrected chi connectivity index (χ2v) is 2.20. The van der Waals surface area contributed by atoms with E-state index in [1.165, 1.54) is 6.26 Å². The fourth-order valence-electron chi connectivity index (χ4n) is 0.439. The molecule has 0 aliphatic carbocycles. The van der Waals surface area contributed by atoms with Crippen LogP contribution in [-0.2, 0) is 9.53 Å². The molecule has 0 aromatic heterocycles. The van der Waals surface area contributed by atoms with Crippen LogP contribution in [0.15, 0.2) is 12.3 Å². The summed E-state index contributed by atoms with van der Waals surface area (Å²) in [6, 6.07) is 0. The van der Waals surface area contributed by atoms with Crippen molar-refractivity contribution in [2.24, 2.45) is 0 Å². The standard InChI is InChI=1S/C7H13NO2/c1-4-5-10-7(9)6-8(2)3/h4-5H,6H2,1-3H3. The summed E-state index contributed by atoms with van der Waals surface area (Å²) in [5, 5.41) is 0. The highest BCUT2D eigenvalue weighted by Gasteiger charge is 2.00. The molecule has 0 aromatic carbocycles. The van der Waals surface area contributed by atoms with Crippen LogP contribution < -0.4 is 0 Å². The van der Waals surface area contributed by atoms with Crippen LogP contribution in [0.2, 0.25) is 0 Å². The summed E-state index contributed by atoms with van der Waals surface area (Å²) in [5.74, 6) is -0.233. The van der Waals surface area contributed by atoms with E-state index in [9.17, 15) is 4.79 Å². The molecule has 0 unspecified atom stereocenters. The molecule has 3 heteroatoms. The second kappa shape index (κ2) is 4.99. The van der Waals surface area contributed by atoms with Crippen LogP contribution >= 0.6 is 0 Å². The third kappa shape index (κ3) is 5.31. The Balaban J connectivity index is 3.44. The predicted molar refractivity (Wildman–Crippen MR) is 39.5 cm³/mol. The fourth-order valence-corrected chi connectivity index (χ4v) is 0.439. The normalized spacial score (nSPS) is 10.8. The molecule has 0 aliphatic rings. The summed E-state index contributed by atoms with van der Waals surface area (Å²) in [6.07, 6.45) is 3.05. The molecule has 0 aromatic rings. The Morgan fingerprint density at radius 3 is 2.60 bits per heavy atom. The summed E-state index contributed by atoms with van der Waals surface area (Å²) in [6.45, 7) is 2.12. The third-order valence-electron chi connectivity index (χ3n) is 0.781. The second-order valence-electron chi connectivity index (χ2n) is 2.20. The summed E-state index contributed by atoms with van der Waals surface area (Å²) in [4.78, 5) is 12.5. The molecule has 0 saturated carbocycles. The largest absolute Gasteiger partial charge is 0.434 e. The van der Waals surface area contributed by atoms with Gasteiger partial charge in [0.05, 0.1) is 12.8 Å². The number of esters is 1. The van der Waals surface area contributed by atoms with Gasteiger partial charge in [0.15, 0.2) is 0 Å². The van der Waals surface area contributed by atoms with Gasteiger partial charge in [0, 0.05) is 0 Å². The maximum atomic E-state index is 10.7. The van der Waals surface area contributed by atoms with Crippen LogP contribution in [0.3, 0.4) is 0 Å². The van der Waals surface area contributed by atoms with Crippen molar-refractivity contribution in [1.29, 1.82) is 0 Å². The van der Waals surface area contributed by atoms with E-state index in [2.05, 4.69) is 4.74 Å². The zero-order valence-electron chi connectivity index (χ0n) is 6.63. The van der Waals surface area contributed by atoms with Gasteiger partial charge in [-0.3, -0.25) is 9.69 Å². The lowest BCUT2D eigenvalue weighted by Crippen LogP contribution is -2.22. The van der Waals surface area contributed by atoms with Crippen molar-refractivity contribution in [2.45, 2.75) is 6.92 Å². The monoisotopic (exact) mass is 143 g/mol. The average molecular weight is 143 g/mol. The van der Waals surface area contributed by atoms with Crippen molar-refractivity contribution in [3.63, 3.8) is 0 Å². The summed E-state index contributed by atoms with van der Waals surface area (Å²) in [7, 11) is 3.63. The first-order valence-electron chi connectivity index (χ1n) is 3.12. The number of likely N-dealkylation sites (N-methyl/N-ethyl adjacent to an activating group) is 1. The van der Waals surface area contributed by atoms with Gasteiger partial charge in [-0.25, -0.2) is 0 Å². The number of hydrogen-bond acceptors (Lipinski definition) is 3. The first kappa shape index (κ1) is 9.17. The van der Waals surface area contributed by atoms with E-state index in [0.29, 0.717) is 6.54 Å². The highest BCUT2D eigenvalue weighted by Crippen LogP contribution is 1.82. The van der Waals surface area contributed by atoms with Crippen LogP contribution in [0.1, 0.15) is 6.92 Å². The van der Waals surface area contributed by atoms with Gasteiger partial charge >= 0.3 is 5.97 Å². The van der Waals surface area contributed by atoms with Crippen LogP contribution in [0, 0.1) is 0 Å². The van der Waals surface area contributed by atoms with Crippen LogP contribution in [0.4, 0.5) is 0 Å². The van der Waals surface area contributed by atoms with Crippen molar-refractivity contribution in [3.05, 3.63) is 12.3 Å². The smallest absolute Gasteiger partial charge is 0.324 e. The molecular weight excluding hydrogens is 130 g/mol. The quantitative estimate of drug-likeness (QED) is 0.428. The van der Waals surface area contributed by atoms with Crippen LogP contribution in [0.25, 0.3) is 0 Å². The summed E-state index contributed by atoms with van der Waals surface area (Å²) in [5.41, 5.74) is 0. The zero-order valence-corrected chi connectivity index (χ0v) is 6.63. The number of carbonyl (C=O) groups excluding carboxylic acids is 1. The van der Waals surface area contributed by atoms with E-state index in [4.69, 9.17) is 0 Å². The Morgan fingerprint density at radius 2 is 2.20 bits per heavy atom. The zero-order chi connectivity index (χ0) is 7.98. The lowest BCUT2D eigenvalue weighted by atomic mass is 10.6. The van der Waals surface area contributed by atoms with E-state index in [1.54, 1.807) is 17.9 Å². The first-order valence-corrected chi connectivity index (χ1v) is 3.12. The molecule has 0 saturated heterocycles. The minimum absolute atomic E-state index is 0.233. The molecule has 0 amide bonds. The number of allylic oxidation sites excluding steroid dienone is 1. The molecule has 0 atom stereocenters. The van der Waals surface area contributed by atoms with Crippen LogP contribution in [-0.4, -0.2) is 31.5 Å². The first-order chi connectivity index (χ1) is 4.66. The molecule has 0 N–H and O–H groups in total. The van der Waals surface area contributed by atoms with Crippen molar-refractivity contribution in [3.8, 4) is 0 Å². The van der Waals surface area contributed by atoms with E-state index < -0.39 is 0 Å². The number of nitrogens with zero attached hydrogens (tertiary/aromatic N) is 1. The third-order valence-corrected chi connectivity index (χ3v) is 0.781. The minimum Gasteiger partial charge on any atom is -0.434 e. The molecule has 10 heavy (non-hydrogen) atoms. The maximum absolute atomic E-state index is 10.7. The lowest BCUT2D eigenvalue weighted by molar-refractivity contribution is -0.138. The molecule has 58 valence electrons. The average Bonchev–Trinajstić information content (AvgIpc) is 1.82. The molecule has 0 heterocycles. The Labute approximate surface area is 61.3 Å². The highest BCUT2D eigenvalue weighted by atomic mass is 16.5. The van der Waals surface area contributed by atoms with Gasteiger partial charge in [0.1, 0.15) is 0 Å². The van der Waals surface area contributed by atoms with Crippen molar-refractivity contribution in [2.75, 3.05) is 20.6 Å².